The van der Waals surface area contributed by atoms with Gasteiger partial charge in [-0.05, 0) is 0 Å². The van der Waals surface area contributed by atoms with Gasteiger partial charge < -0.3 is 10.0 Å². The third kappa shape index (κ3) is 3.03. The first kappa shape index (κ1) is 9.23. The lowest BCUT2D eigenvalue weighted by Crippen LogP contribution is -3.05. The van der Waals surface area contributed by atoms with Crippen LogP contribution in [0.2, 0.25) is 0 Å². The van der Waals surface area contributed by atoms with Crippen LogP contribution in [-0.2, 0) is 6.54 Å². The molecule has 0 bridgehead atoms. The average Bonchev–Trinajstić information content (AvgIpc) is 2.06. The van der Waals surface area contributed by atoms with Crippen molar-refractivity contribution in [3.63, 3.8) is 0 Å². The van der Waals surface area contributed by atoms with Gasteiger partial charge in [0.15, 0.2) is 0 Å². The van der Waals surface area contributed by atoms with Gasteiger partial charge in [-0.2, -0.15) is 7.05 Å². The highest BCUT2D eigenvalue weighted by Crippen LogP contribution is 1.94. The molecule has 0 saturated carbocycles. The van der Waals surface area contributed by atoms with E-state index in [1.807, 2.05) is 18.2 Å². The molecule has 2 N–H and O–H groups in total. The number of aliphatic hydroxyl groups is 1. The molecule has 2 nitrogen and oxygen atoms in total. The second-order valence-corrected chi connectivity index (χ2v) is 2.89. The number of hydrogen-bond acceptors (Lipinski definition) is 1. The molecule has 0 aliphatic heterocycles. The van der Waals surface area contributed by atoms with E-state index in [0.29, 0.717) is 6.54 Å². The van der Waals surface area contributed by atoms with Crippen molar-refractivity contribution in [2.24, 2.45) is 0 Å². The summed E-state index contributed by atoms with van der Waals surface area (Å²) in [6.45, 7) is 1.78. The van der Waals surface area contributed by atoms with Gasteiger partial charge in [0.05, 0.1) is 19.7 Å². The molecule has 1 atom stereocenters. The molecule has 0 spiro atoms. The first-order chi connectivity index (χ1) is 5.83. The molecule has 1 unspecified atom stereocenters. The summed E-state index contributed by atoms with van der Waals surface area (Å²) in [5.74, 6) is 0. The summed E-state index contributed by atoms with van der Waals surface area (Å²) in [5, 5.41) is 8.65. The topological polar surface area (TPSA) is 24.7 Å². The number of benzene rings is 1. The van der Waals surface area contributed by atoms with Crippen molar-refractivity contribution in [2.45, 2.75) is 6.54 Å². The maximum absolute atomic E-state index is 8.65. The Bertz CT molecular complexity index is 210. The Hall–Kier alpha value is -0.860. The molecule has 0 aliphatic rings. The lowest BCUT2D eigenvalue weighted by atomic mass is 10.2. The van der Waals surface area contributed by atoms with Crippen LogP contribution in [0.5, 0.6) is 0 Å². The van der Waals surface area contributed by atoms with E-state index in [9.17, 15) is 0 Å². The summed E-state index contributed by atoms with van der Waals surface area (Å²) in [4.78, 5) is 1.09. The minimum absolute atomic E-state index is 0.200. The Morgan fingerprint density at radius 3 is 2.50 bits per heavy atom. The molecule has 12 heavy (non-hydrogen) atoms. The van der Waals surface area contributed by atoms with Crippen LogP contribution in [0, 0.1) is 7.05 Å². The van der Waals surface area contributed by atoms with E-state index in [1.165, 1.54) is 5.56 Å². The molecule has 1 rings (SSSR count). The third-order valence-electron chi connectivity index (χ3n) is 1.76. The van der Waals surface area contributed by atoms with Crippen LogP contribution < -0.4 is 4.90 Å². The van der Waals surface area contributed by atoms with E-state index in [2.05, 4.69) is 19.2 Å². The van der Waals surface area contributed by atoms with Crippen molar-refractivity contribution >= 4 is 0 Å². The van der Waals surface area contributed by atoms with Crippen molar-refractivity contribution in [3.8, 4) is 0 Å². The normalized spacial score (nSPS) is 12.8. The van der Waals surface area contributed by atoms with E-state index in [0.717, 1.165) is 11.4 Å². The molecule has 0 aliphatic carbocycles. The van der Waals surface area contributed by atoms with E-state index < -0.39 is 0 Å². The second-order valence-electron chi connectivity index (χ2n) is 2.89. The van der Waals surface area contributed by atoms with Crippen LogP contribution in [0.15, 0.2) is 30.3 Å². The molecule has 0 fully saturated rings. The van der Waals surface area contributed by atoms with Crippen LogP contribution in [-0.4, -0.2) is 18.3 Å². The predicted octanol–water partition coefficient (Wildman–Crippen LogP) is -0.145. The highest BCUT2D eigenvalue weighted by molar-refractivity contribution is 5.13. The lowest BCUT2D eigenvalue weighted by Gasteiger charge is -2.19. The largest absolute Gasteiger partial charge is 0.462 e. The molecule has 1 aromatic carbocycles. The fourth-order valence-corrected chi connectivity index (χ4v) is 1.13. The number of rotatable bonds is 4. The molecule has 0 amide bonds. The van der Waals surface area contributed by atoms with Gasteiger partial charge in [0.1, 0.15) is 0 Å². The Morgan fingerprint density at radius 2 is 1.92 bits per heavy atom. The predicted molar refractivity (Wildman–Crippen MR) is 48.4 cm³/mol. The van der Waals surface area contributed by atoms with Crippen LogP contribution in [0.1, 0.15) is 5.56 Å². The maximum Gasteiger partial charge on any atom is 0.0900 e. The lowest BCUT2D eigenvalue weighted by molar-refractivity contribution is -0.868. The van der Waals surface area contributed by atoms with Gasteiger partial charge in [0.25, 0.3) is 0 Å². The van der Waals surface area contributed by atoms with Crippen molar-refractivity contribution in [1.29, 1.82) is 0 Å². The van der Waals surface area contributed by atoms with E-state index >= 15 is 0 Å². The average molecular weight is 165 g/mol. The van der Waals surface area contributed by atoms with Crippen molar-refractivity contribution in [1.82, 2.24) is 0 Å². The summed E-state index contributed by atoms with van der Waals surface area (Å²) < 4.78 is 0. The molecule has 0 saturated heterocycles. The van der Waals surface area contributed by atoms with E-state index in [4.69, 9.17) is 5.11 Å². The molecular formula is C10H15NO. The van der Waals surface area contributed by atoms with Gasteiger partial charge in [-0.1, -0.05) is 30.3 Å². The van der Waals surface area contributed by atoms with Crippen LogP contribution in [0.25, 0.3) is 0 Å². The molecule has 0 radical (unpaired) electrons. The first-order valence-electron chi connectivity index (χ1n) is 4.14. The van der Waals surface area contributed by atoms with Crippen molar-refractivity contribution in [3.05, 3.63) is 42.9 Å². The van der Waals surface area contributed by atoms with Crippen molar-refractivity contribution in [2.75, 3.05) is 13.2 Å². The first-order valence-corrected chi connectivity index (χ1v) is 4.14. The molecule has 1 aromatic rings. The summed E-state index contributed by atoms with van der Waals surface area (Å²) in [6.07, 6.45) is 0. The number of hydrogen-bond donors (Lipinski definition) is 2. The minimum atomic E-state index is 0.200. The molecule has 2 heteroatoms. The van der Waals surface area contributed by atoms with Crippen molar-refractivity contribution < 1.29 is 10.0 Å². The fourth-order valence-electron chi connectivity index (χ4n) is 1.13. The van der Waals surface area contributed by atoms with Gasteiger partial charge in [0.2, 0.25) is 0 Å². The number of nitrogens with one attached hydrogen (secondary N) is 1. The zero-order valence-electron chi connectivity index (χ0n) is 7.16. The van der Waals surface area contributed by atoms with Gasteiger partial charge in [0, 0.05) is 5.56 Å². The zero-order valence-corrected chi connectivity index (χ0v) is 7.16. The highest BCUT2D eigenvalue weighted by atomic mass is 16.3. The van der Waals surface area contributed by atoms with Crippen LogP contribution in [0.4, 0.5) is 0 Å². The highest BCUT2D eigenvalue weighted by Gasteiger charge is 1.95. The van der Waals surface area contributed by atoms with Gasteiger partial charge in [-0.25, -0.2) is 0 Å². The van der Waals surface area contributed by atoms with E-state index in [-0.39, 0.29) is 6.61 Å². The van der Waals surface area contributed by atoms with Crippen LogP contribution >= 0.6 is 0 Å². The Balaban J connectivity index is 2.41. The third-order valence-corrected chi connectivity index (χ3v) is 1.76. The fraction of sp³-hybridized carbons (Fsp3) is 0.300. The summed E-state index contributed by atoms with van der Waals surface area (Å²) in [6, 6.07) is 10.2. The molecule has 66 valence electrons. The van der Waals surface area contributed by atoms with E-state index in [1.54, 1.807) is 0 Å². The Kier molecular flexibility index (Phi) is 3.77. The quantitative estimate of drug-likeness (QED) is 0.596. The van der Waals surface area contributed by atoms with Gasteiger partial charge in [-0.3, -0.25) is 0 Å². The summed E-state index contributed by atoms with van der Waals surface area (Å²) in [7, 11) is 3.88. The standard InChI is InChI=1S/C10H15NO/c1-11(7-8-12)9-10-5-3-2-4-6-10/h2-6,11-12H,1,7-9H2. The second kappa shape index (κ2) is 4.91. The molecular weight excluding hydrogens is 150 g/mol. The number of quaternary nitrogens is 1. The number of aliphatic hydroxyl groups excluding tert-OH is 1. The monoisotopic (exact) mass is 165 g/mol. The van der Waals surface area contributed by atoms with Gasteiger partial charge >= 0.3 is 0 Å². The Labute approximate surface area is 73.4 Å². The molecule has 0 aromatic heterocycles. The van der Waals surface area contributed by atoms with Gasteiger partial charge in [-0.15, -0.1) is 0 Å². The summed E-state index contributed by atoms with van der Waals surface area (Å²) >= 11 is 0. The zero-order chi connectivity index (χ0) is 8.81. The summed E-state index contributed by atoms with van der Waals surface area (Å²) in [5.41, 5.74) is 1.26. The Morgan fingerprint density at radius 1 is 1.25 bits per heavy atom. The SMILES string of the molecule is [CH2-][NH+](CCO)Cc1ccccc1. The smallest absolute Gasteiger partial charge is 0.0900 e. The van der Waals surface area contributed by atoms with Crippen LogP contribution in [0.3, 0.4) is 0 Å². The minimum Gasteiger partial charge on any atom is -0.462 e. The maximum atomic E-state index is 8.65. The molecule has 0 heterocycles.